The minimum Gasteiger partial charge on any atom is -0.368 e. The molecule has 1 aromatic heterocycles. The van der Waals surface area contributed by atoms with Gasteiger partial charge in [-0.25, -0.2) is 4.98 Å². The summed E-state index contributed by atoms with van der Waals surface area (Å²) in [6.07, 6.45) is 0. The average Bonchev–Trinajstić information content (AvgIpc) is 2.95. The van der Waals surface area contributed by atoms with Gasteiger partial charge in [-0.3, -0.25) is 4.99 Å². The van der Waals surface area contributed by atoms with Gasteiger partial charge in [-0.15, -0.1) is 35.3 Å². The van der Waals surface area contributed by atoms with Crippen LogP contribution >= 0.6 is 35.3 Å². The van der Waals surface area contributed by atoms with Crippen LogP contribution in [-0.2, 0) is 6.54 Å². The van der Waals surface area contributed by atoms with Crippen molar-refractivity contribution in [3.8, 4) is 0 Å². The van der Waals surface area contributed by atoms with E-state index in [1.54, 1.807) is 11.3 Å². The number of piperazine rings is 1. The molecular formula is C18H26IN5S. The maximum absolute atomic E-state index is 4.59. The normalized spacial score (nSPS) is 15.1. The first kappa shape index (κ1) is 20.0. The highest BCUT2D eigenvalue weighted by atomic mass is 127. The number of aliphatic imine (C=N–C) groups is 1. The van der Waals surface area contributed by atoms with E-state index >= 15 is 0 Å². The zero-order chi connectivity index (χ0) is 16.9. The Kier molecular flexibility index (Phi) is 7.49. The Morgan fingerprint density at radius 2 is 1.84 bits per heavy atom. The van der Waals surface area contributed by atoms with Crippen molar-refractivity contribution >= 4 is 47.0 Å². The number of nitrogens with zero attached hydrogens (tertiary/aromatic N) is 4. The van der Waals surface area contributed by atoms with Crippen LogP contribution in [0.5, 0.6) is 0 Å². The summed E-state index contributed by atoms with van der Waals surface area (Å²) >= 11 is 1.76. The van der Waals surface area contributed by atoms with Crippen molar-refractivity contribution < 1.29 is 0 Å². The summed E-state index contributed by atoms with van der Waals surface area (Å²) in [5.74, 6) is 0.966. The minimum atomic E-state index is 0. The molecule has 3 rings (SSSR count). The highest BCUT2D eigenvalue weighted by molar-refractivity contribution is 14.0. The van der Waals surface area contributed by atoms with Crippen LogP contribution in [0.1, 0.15) is 15.6 Å². The lowest BCUT2D eigenvalue weighted by molar-refractivity contribution is 0.372. The number of aryl methyl sites for hydroxylation is 2. The van der Waals surface area contributed by atoms with Gasteiger partial charge in [0.05, 0.1) is 12.2 Å². The van der Waals surface area contributed by atoms with E-state index in [2.05, 4.69) is 69.3 Å². The molecule has 0 atom stereocenters. The van der Waals surface area contributed by atoms with E-state index in [0.29, 0.717) is 0 Å². The van der Waals surface area contributed by atoms with Crippen molar-refractivity contribution in [3.05, 3.63) is 45.9 Å². The molecule has 2 heterocycles. The summed E-state index contributed by atoms with van der Waals surface area (Å²) in [6.45, 7) is 8.90. The zero-order valence-electron chi connectivity index (χ0n) is 15.0. The molecule has 1 aliphatic rings. The van der Waals surface area contributed by atoms with E-state index in [-0.39, 0.29) is 24.0 Å². The van der Waals surface area contributed by atoms with Crippen molar-refractivity contribution in [3.63, 3.8) is 0 Å². The Bertz CT molecular complexity index is 673. The van der Waals surface area contributed by atoms with E-state index in [1.165, 1.54) is 10.6 Å². The SMILES string of the molecule is CN=C(NCc1nc(C)c(C)s1)N1CCN(c2ccccc2)CC1.I. The molecule has 7 heteroatoms. The number of thiazole rings is 1. The Labute approximate surface area is 171 Å². The van der Waals surface area contributed by atoms with Gasteiger partial charge in [0.15, 0.2) is 5.96 Å². The number of benzene rings is 1. The van der Waals surface area contributed by atoms with E-state index < -0.39 is 0 Å². The van der Waals surface area contributed by atoms with E-state index in [9.17, 15) is 0 Å². The van der Waals surface area contributed by atoms with Crippen LogP contribution in [0.4, 0.5) is 5.69 Å². The summed E-state index contributed by atoms with van der Waals surface area (Å²) in [5, 5.41) is 4.58. The molecule has 0 unspecified atom stereocenters. The molecule has 0 spiro atoms. The summed E-state index contributed by atoms with van der Waals surface area (Å²) < 4.78 is 0. The molecule has 0 amide bonds. The molecule has 1 aliphatic heterocycles. The topological polar surface area (TPSA) is 43.8 Å². The lowest BCUT2D eigenvalue weighted by Crippen LogP contribution is -2.52. The fourth-order valence-corrected chi connectivity index (χ4v) is 3.79. The van der Waals surface area contributed by atoms with Gasteiger partial charge in [0.25, 0.3) is 0 Å². The van der Waals surface area contributed by atoms with Gasteiger partial charge in [0.2, 0.25) is 0 Å². The molecule has 25 heavy (non-hydrogen) atoms. The molecule has 136 valence electrons. The van der Waals surface area contributed by atoms with Gasteiger partial charge in [0, 0.05) is 43.8 Å². The predicted molar refractivity (Wildman–Crippen MR) is 117 cm³/mol. The first-order valence-corrected chi connectivity index (χ1v) is 9.17. The molecule has 1 N–H and O–H groups in total. The molecule has 0 saturated carbocycles. The number of anilines is 1. The van der Waals surface area contributed by atoms with E-state index in [4.69, 9.17) is 0 Å². The van der Waals surface area contributed by atoms with Crippen LogP contribution in [0, 0.1) is 13.8 Å². The van der Waals surface area contributed by atoms with Gasteiger partial charge in [0.1, 0.15) is 5.01 Å². The quantitative estimate of drug-likeness (QED) is 0.424. The van der Waals surface area contributed by atoms with Gasteiger partial charge in [-0.2, -0.15) is 0 Å². The lowest BCUT2D eigenvalue weighted by atomic mass is 10.2. The molecule has 1 saturated heterocycles. The molecule has 0 bridgehead atoms. The Morgan fingerprint density at radius 1 is 1.16 bits per heavy atom. The van der Waals surface area contributed by atoms with Crippen LogP contribution in [0.25, 0.3) is 0 Å². The number of hydrogen-bond donors (Lipinski definition) is 1. The van der Waals surface area contributed by atoms with Crippen LogP contribution in [0.3, 0.4) is 0 Å². The fourth-order valence-electron chi connectivity index (χ4n) is 2.92. The predicted octanol–water partition coefficient (Wildman–Crippen LogP) is 3.28. The molecule has 1 fully saturated rings. The number of rotatable bonds is 3. The third-order valence-corrected chi connectivity index (χ3v) is 5.46. The van der Waals surface area contributed by atoms with Crippen LogP contribution in [-0.4, -0.2) is 49.1 Å². The largest absolute Gasteiger partial charge is 0.368 e. The van der Waals surface area contributed by atoms with Gasteiger partial charge >= 0.3 is 0 Å². The highest BCUT2D eigenvalue weighted by Gasteiger charge is 2.19. The van der Waals surface area contributed by atoms with Gasteiger partial charge < -0.3 is 15.1 Å². The summed E-state index contributed by atoms with van der Waals surface area (Å²) in [4.78, 5) is 15.1. The number of nitrogens with one attached hydrogen (secondary N) is 1. The molecule has 5 nitrogen and oxygen atoms in total. The van der Waals surface area contributed by atoms with E-state index in [1.807, 2.05) is 7.05 Å². The Hall–Kier alpha value is -1.35. The van der Waals surface area contributed by atoms with Crippen molar-refractivity contribution in [1.82, 2.24) is 15.2 Å². The van der Waals surface area contributed by atoms with Crippen LogP contribution in [0.2, 0.25) is 0 Å². The number of halogens is 1. The van der Waals surface area contributed by atoms with Crippen molar-refractivity contribution in [2.45, 2.75) is 20.4 Å². The smallest absolute Gasteiger partial charge is 0.194 e. The standard InChI is InChI=1S/C18H25N5S.HI/c1-14-15(2)24-17(21-14)13-20-18(19-3)23-11-9-22(10-12-23)16-7-5-4-6-8-16;/h4-8H,9-13H2,1-3H3,(H,19,20);1H. The first-order chi connectivity index (χ1) is 11.7. The second-order valence-corrected chi connectivity index (χ2v) is 7.25. The van der Waals surface area contributed by atoms with Gasteiger partial charge in [-0.1, -0.05) is 18.2 Å². The summed E-state index contributed by atoms with van der Waals surface area (Å²) in [7, 11) is 1.85. The maximum atomic E-state index is 4.59. The third-order valence-electron chi connectivity index (χ3n) is 4.38. The maximum Gasteiger partial charge on any atom is 0.194 e. The van der Waals surface area contributed by atoms with Crippen LogP contribution < -0.4 is 10.2 Å². The van der Waals surface area contributed by atoms with Crippen molar-refractivity contribution in [1.29, 1.82) is 0 Å². The first-order valence-electron chi connectivity index (χ1n) is 8.36. The van der Waals surface area contributed by atoms with Crippen molar-refractivity contribution in [2.24, 2.45) is 4.99 Å². The monoisotopic (exact) mass is 471 g/mol. The summed E-state index contributed by atoms with van der Waals surface area (Å²) in [6, 6.07) is 10.6. The van der Waals surface area contributed by atoms with Crippen molar-refractivity contribution in [2.75, 3.05) is 38.1 Å². The molecule has 2 aromatic rings. The molecular weight excluding hydrogens is 445 g/mol. The second-order valence-electron chi connectivity index (χ2n) is 5.96. The average molecular weight is 471 g/mol. The minimum absolute atomic E-state index is 0. The molecule has 0 aliphatic carbocycles. The molecule has 0 radical (unpaired) electrons. The van der Waals surface area contributed by atoms with Gasteiger partial charge in [-0.05, 0) is 26.0 Å². The van der Waals surface area contributed by atoms with Crippen LogP contribution in [0.15, 0.2) is 35.3 Å². The second kappa shape index (κ2) is 9.38. The third kappa shape index (κ3) is 5.07. The number of para-hydroxylation sites is 1. The number of aromatic nitrogens is 1. The number of hydrogen-bond acceptors (Lipinski definition) is 4. The summed E-state index contributed by atoms with van der Waals surface area (Å²) in [5.41, 5.74) is 2.43. The highest BCUT2D eigenvalue weighted by Crippen LogP contribution is 2.17. The Morgan fingerprint density at radius 3 is 2.40 bits per heavy atom. The zero-order valence-corrected chi connectivity index (χ0v) is 18.2. The fraction of sp³-hybridized carbons (Fsp3) is 0.444. The molecule has 1 aromatic carbocycles. The number of guanidine groups is 1. The lowest BCUT2D eigenvalue weighted by Gasteiger charge is -2.37. The Balaban J connectivity index is 0.00000225. The van der Waals surface area contributed by atoms with E-state index in [0.717, 1.165) is 49.4 Å².